The summed E-state index contributed by atoms with van der Waals surface area (Å²) >= 11 is 1.56. The van der Waals surface area contributed by atoms with E-state index in [2.05, 4.69) is 29.7 Å². The summed E-state index contributed by atoms with van der Waals surface area (Å²) in [5.41, 5.74) is 4.72. The summed E-state index contributed by atoms with van der Waals surface area (Å²) in [6, 6.07) is 15.7. The Morgan fingerprint density at radius 2 is 1.83 bits per heavy atom. The lowest BCUT2D eigenvalue weighted by Crippen LogP contribution is -2.35. The molecular weight excluding hydrogens is 462 g/mol. The van der Waals surface area contributed by atoms with Crippen LogP contribution in [0.1, 0.15) is 23.2 Å². The van der Waals surface area contributed by atoms with Crippen LogP contribution in [-0.2, 0) is 6.54 Å². The molecule has 4 aromatic rings. The Labute approximate surface area is 207 Å². The van der Waals surface area contributed by atoms with Crippen LogP contribution in [-0.4, -0.2) is 55.1 Å². The summed E-state index contributed by atoms with van der Waals surface area (Å²) in [5, 5.41) is 38.0. The molecule has 0 bridgehead atoms. The Morgan fingerprint density at radius 1 is 1.00 bits per heavy atom. The van der Waals surface area contributed by atoms with Gasteiger partial charge < -0.3 is 26.0 Å². The van der Waals surface area contributed by atoms with Crippen molar-refractivity contribution in [2.24, 2.45) is 5.92 Å². The van der Waals surface area contributed by atoms with Crippen molar-refractivity contribution in [2.75, 3.05) is 17.2 Å². The zero-order valence-corrected chi connectivity index (χ0v) is 20.5. The molecule has 1 aliphatic carbocycles. The van der Waals surface area contributed by atoms with Gasteiger partial charge in [0.05, 0.1) is 33.6 Å². The molecule has 1 aliphatic rings. The number of anilines is 2. The zero-order chi connectivity index (χ0) is 24.5. The van der Waals surface area contributed by atoms with Gasteiger partial charge in [-0.1, -0.05) is 42.0 Å². The Balaban J connectivity index is 1.51. The molecule has 0 unspecified atom stereocenters. The van der Waals surface area contributed by atoms with E-state index in [0.717, 1.165) is 32.0 Å². The van der Waals surface area contributed by atoms with Crippen molar-refractivity contribution in [3.63, 3.8) is 0 Å². The Bertz CT molecular complexity index is 1310. The van der Waals surface area contributed by atoms with Crippen LogP contribution in [0.2, 0.25) is 0 Å². The first-order chi connectivity index (χ1) is 16.9. The lowest BCUT2D eigenvalue weighted by atomic mass is 10.1. The van der Waals surface area contributed by atoms with E-state index in [0.29, 0.717) is 24.7 Å². The van der Waals surface area contributed by atoms with Crippen LogP contribution in [0, 0.1) is 19.8 Å². The van der Waals surface area contributed by atoms with Crippen LogP contribution in [0.15, 0.2) is 48.5 Å². The summed E-state index contributed by atoms with van der Waals surface area (Å²) in [6.07, 6.45) is -1.59. The van der Waals surface area contributed by atoms with Crippen LogP contribution >= 0.6 is 11.3 Å². The molecule has 8 nitrogen and oxygen atoms in total. The van der Waals surface area contributed by atoms with Gasteiger partial charge >= 0.3 is 0 Å². The van der Waals surface area contributed by atoms with Crippen molar-refractivity contribution in [3.05, 3.63) is 65.4 Å². The number of benzene rings is 2. The molecule has 0 amide bonds. The maximum atomic E-state index is 10.6. The van der Waals surface area contributed by atoms with Gasteiger partial charge in [0.1, 0.15) is 16.9 Å². The second-order valence-electron chi connectivity index (χ2n) is 9.10. The molecule has 0 spiro atoms. The fourth-order valence-electron chi connectivity index (χ4n) is 4.62. The highest BCUT2D eigenvalue weighted by atomic mass is 32.1. The van der Waals surface area contributed by atoms with E-state index in [1.807, 2.05) is 43.3 Å². The fraction of sp³-hybridized carbons (Fsp3) is 0.346. The van der Waals surface area contributed by atoms with E-state index in [-0.39, 0.29) is 6.61 Å². The Morgan fingerprint density at radius 3 is 2.57 bits per heavy atom. The van der Waals surface area contributed by atoms with E-state index >= 15 is 0 Å². The summed E-state index contributed by atoms with van der Waals surface area (Å²) in [6.45, 7) is 4.36. The van der Waals surface area contributed by atoms with Crippen molar-refractivity contribution < 1.29 is 15.3 Å². The van der Waals surface area contributed by atoms with E-state index < -0.39 is 24.2 Å². The highest BCUT2D eigenvalue weighted by Gasteiger charge is 2.41. The minimum atomic E-state index is -1.02. The zero-order valence-electron chi connectivity index (χ0n) is 19.6. The fourth-order valence-corrected chi connectivity index (χ4v) is 5.68. The number of aromatic nitrogens is 3. The number of para-hydroxylation sites is 1. The second-order valence-corrected chi connectivity index (χ2v) is 10.1. The predicted octanol–water partition coefficient (Wildman–Crippen LogP) is 3.50. The molecule has 2 heterocycles. The number of hydrogen-bond donors (Lipinski definition) is 5. The third-order valence-electron chi connectivity index (χ3n) is 6.49. The standard InChI is InChI=1S/C26H29N5O3S/c1-14-6-5-7-16(10-14)12-27-26-28-15(2)21(25-30-18-8-3-4-9-20(18)35-25)24(31-26)29-19-11-17(13-32)22(33)23(19)34/h3-10,17,19,22-23,32-34H,11-13H2,1-2H3,(H2,27,28,29,31)/t17-,19-,22-,23+/m1/s1. The number of hydrogen-bond acceptors (Lipinski definition) is 9. The van der Waals surface area contributed by atoms with Crippen molar-refractivity contribution >= 4 is 33.3 Å². The average molecular weight is 492 g/mol. The molecular formula is C26H29N5O3S. The molecule has 1 saturated carbocycles. The van der Waals surface area contributed by atoms with Crippen molar-refractivity contribution in [3.8, 4) is 10.6 Å². The van der Waals surface area contributed by atoms with Gasteiger partial charge in [-0.05, 0) is 38.0 Å². The van der Waals surface area contributed by atoms with Crippen LogP contribution in [0.5, 0.6) is 0 Å². The van der Waals surface area contributed by atoms with E-state index in [4.69, 9.17) is 15.0 Å². The van der Waals surface area contributed by atoms with Gasteiger partial charge in [-0.3, -0.25) is 0 Å². The summed E-state index contributed by atoms with van der Waals surface area (Å²) < 4.78 is 1.06. The molecule has 2 aromatic carbocycles. The van der Waals surface area contributed by atoms with E-state index in [9.17, 15) is 15.3 Å². The lowest BCUT2D eigenvalue weighted by Gasteiger charge is -2.21. The van der Waals surface area contributed by atoms with Gasteiger partial charge in [0, 0.05) is 19.1 Å². The molecule has 1 fully saturated rings. The maximum absolute atomic E-state index is 10.6. The number of thiazole rings is 1. The van der Waals surface area contributed by atoms with Crippen LogP contribution in [0.3, 0.4) is 0 Å². The van der Waals surface area contributed by atoms with Gasteiger partial charge in [-0.2, -0.15) is 4.98 Å². The molecule has 2 aromatic heterocycles. The van der Waals surface area contributed by atoms with Gasteiger partial charge in [0.25, 0.3) is 0 Å². The van der Waals surface area contributed by atoms with Gasteiger partial charge in [-0.15, -0.1) is 11.3 Å². The Kier molecular flexibility index (Phi) is 6.66. The number of aliphatic hydroxyl groups excluding tert-OH is 3. The first-order valence-electron chi connectivity index (χ1n) is 11.7. The molecule has 182 valence electrons. The first kappa shape index (κ1) is 23.6. The number of aliphatic hydroxyl groups is 3. The number of nitrogens with zero attached hydrogens (tertiary/aromatic N) is 3. The van der Waals surface area contributed by atoms with Crippen molar-refractivity contribution in [2.45, 2.75) is 45.1 Å². The SMILES string of the molecule is Cc1cccc(CNc2nc(C)c(-c3nc4ccccc4s3)c(N[C@@H]3C[C@H](CO)[C@@H](O)[C@H]3O)n2)c1. The van der Waals surface area contributed by atoms with Crippen LogP contribution in [0.25, 0.3) is 20.8 Å². The molecule has 5 N–H and O–H groups in total. The average Bonchev–Trinajstić information content (AvgIpc) is 3.38. The molecule has 9 heteroatoms. The Hall–Kier alpha value is -3.11. The number of rotatable bonds is 7. The van der Waals surface area contributed by atoms with E-state index in [1.54, 1.807) is 11.3 Å². The van der Waals surface area contributed by atoms with Crippen molar-refractivity contribution in [1.29, 1.82) is 0 Å². The summed E-state index contributed by atoms with van der Waals surface area (Å²) in [4.78, 5) is 14.3. The minimum Gasteiger partial charge on any atom is -0.396 e. The van der Waals surface area contributed by atoms with Gasteiger partial charge in [-0.25, -0.2) is 9.97 Å². The molecule has 0 aliphatic heterocycles. The monoisotopic (exact) mass is 491 g/mol. The first-order valence-corrected chi connectivity index (χ1v) is 12.5. The topological polar surface area (TPSA) is 123 Å². The largest absolute Gasteiger partial charge is 0.396 e. The molecule has 0 radical (unpaired) electrons. The van der Waals surface area contributed by atoms with Crippen molar-refractivity contribution in [1.82, 2.24) is 15.0 Å². The second kappa shape index (κ2) is 9.87. The third kappa shape index (κ3) is 4.85. The highest BCUT2D eigenvalue weighted by molar-refractivity contribution is 7.21. The molecule has 5 rings (SSSR count). The summed E-state index contributed by atoms with van der Waals surface area (Å²) in [7, 11) is 0. The molecule has 0 saturated heterocycles. The maximum Gasteiger partial charge on any atom is 0.225 e. The van der Waals surface area contributed by atoms with Crippen LogP contribution < -0.4 is 10.6 Å². The summed E-state index contributed by atoms with van der Waals surface area (Å²) in [5.74, 6) is 0.608. The molecule has 4 atom stereocenters. The number of aryl methyl sites for hydroxylation is 2. The number of fused-ring (bicyclic) bond motifs is 1. The minimum absolute atomic E-state index is 0.187. The number of nitrogens with one attached hydrogen (secondary N) is 2. The quantitative estimate of drug-likeness (QED) is 0.266. The third-order valence-corrected chi connectivity index (χ3v) is 7.54. The lowest BCUT2D eigenvalue weighted by molar-refractivity contribution is 0.00446. The molecule has 35 heavy (non-hydrogen) atoms. The smallest absolute Gasteiger partial charge is 0.225 e. The van der Waals surface area contributed by atoms with Crippen LogP contribution in [0.4, 0.5) is 11.8 Å². The van der Waals surface area contributed by atoms with Gasteiger partial charge in [0.15, 0.2) is 0 Å². The highest BCUT2D eigenvalue weighted by Crippen LogP contribution is 2.38. The van der Waals surface area contributed by atoms with E-state index in [1.165, 1.54) is 5.56 Å². The predicted molar refractivity (Wildman–Crippen MR) is 139 cm³/mol. The van der Waals surface area contributed by atoms with Gasteiger partial charge in [0.2, 0.25) is 5.95 Å². The normalized spacial score (nSPS) is 22.0.